The van der Waals surface area contributed by atoms with E-state index in [0.717, 1.165) is 34.4 Å². The van der Waals surface area contributed by atoms with Crippen molar-refractivity contribution < 1.29 is 9.53 Å². The lowest BCUT2D eigenvalue weighted by Gasteiger charge is -2.09. The molecule has 2 heterocycles. The van der Waals surface area contributed by atoms with Gasteiger partial charge in [0.15, 0.2) is 5.13 Å². The molecule has 1 N–H and O–H groups in total. The van der Waals surface area contributed by atoms with E-state index in [9.17, 15) is 4.79 Å². The Morgan fingerprint density at radius 1 is 1.26 bits per heavy atom. The minimum atomic E-state index is 0.0493. The highest BCUT2D eigenvalue weighted by Gasteiger charge is 2.11. The second-order valence-corrected chi connectivity index (χ2v) is 7.44. The first kappa shape index (κ1) is 19.0. The second kappa shape index (κ2) is 8.77. The monoisotopic (exact) mass is 385 g/mol. The van der Waals surface area contributed by atoms with Crippen molar-refractivity contribution in [3.8, 4) is 5.75 Å². The number of likely N-dealkylation sites (N-methyl/N-ethyl adjacent to an activating group) is 1. The zero-order chi connectivity index (χ0) is 19.2. The smallest absolute Gasteiger partial charge is 0.227 e. The lowest BCUT2D eigenvalue weighted by molar-refractivity contribution is -0.127. The summed E-state index contributed by atoms with van der Waals surface area (Å²) < 4.78 is 5.75. The van der Waals surface area contributed by atoms with Gasteiger partial charge in [-0.3, -0.25) is 4.79 Å². The summed E-state index contributed by atoms with van der Waals surface area (Å²) in [5.41, 5.74) is 0.807. The van der Waals surface area contributed by atoms with E-state index in [1.165, 1.54) is 17.7 Å². The SMILES string of the molecule is CCCCOc1ccc2c(Nc3ncc(CC(=O)N(C)C)s3)ncnc2c1. The summed E-state index contributed by atoms with van der Waals surface area (Å²) in [5, 5.41) is 4.82. The van der Waals surface area contributed by atoms with Crippen molar-refractivity contribution in [3.05, 3.63) is 35.6 Å². The van der Waals surface area contributed by atoms with Gasteiger partial charge in [0.25, 0.3) is 0 Å². The first-order valence-corrected chi connectivity index (χ1v) is 9.68. The summed E-state index contributed by atoms with van der Waals surface area (Å²) in [6.45, 7) is 2.83. The fourth-order valence-electron chi connectivity index (χ4n) is 2.42. The van der Waals surface area contributed by atoms with E-state index < -0.39 is 0 Å². The van der Waals surface area contributed by atoms with Crippen LogP contribution in [0, 0.1) is 0 Å². The fourth-order valence-corrected chi connectivity index (χ4v) is 3.22. The number of fused-ring (bicyclic) bond motifs is 1. The second-order valence-electron chi connectivity index (χ2n) is 6.32. The number of thiazole rings is 1. The van der Waals surface area contributed by atoms with E-state index in [0.29, 0.717) is 24.0 Å². The molecule has 0 aliphatic carbocycles. The summed E-state index contributed by atoms with van der Waals surface area (Å²) in [6.07, 6.45) is 5.70. The predicted molar refractivity (Wildman–Crippen MR) is 108 cm³/mol. The van der Waals surface area contributed by atoms with Gasteiger partial charge in [-0.05, 0) is 18.6 Å². The quantitative estimate of drug-likeness (QED) is 0.596. The number of aromatic nitrogens is 3. The highest BCUT2D eigenvalue weighted by Crippen LogP contribution is 2.28. The van der Waals surface area contributed by atoms with Crippen molar-refractivity contribution in [2.45, 2.75) is 26.2 Å². The molecule has 0 atom stereocenters. The van der Waals surface area contributed by atoms with Gasteiger partial charge in [0.2, 0.25) is 5.91 Å². The Morgan fingerprint density at radius 2 is 2.11 bits per heavy atom. The van der Waals surface area contributed by atoms with Crippen LogP contribution in [0.15, 0.2) is 30.7 Å². The molecule has 0 radical (unpaired) electrons. The number of rotatable bonds is 8. The molecule has 0 aliphatic heterocycles. The maximum absolute atomic E-state index is 11.8. The third kappa shape index (κ3) is 4.91. The number of nitrogens with one attached hydrogen (secondary N) is 1. The van der Waals surface area contributed by atoms with Crippen LogP contribution in [0.5, 0.6) is 5.75 Å². The van der Waals surface area contributed by atoms with Gasteiger partial charge in [-0.25, -0.2) is 15.0 Å². The first-order chi connectivity index (χ1) is 13.1. The van der Waals surface area contributed by atoms with Crippen LogP contribution in [0.1, 0.15) is 24.6 Å². The van der Waals surface area contributed by atoms with E-state index in [1.807, 2.05) is 18.2 Å². The maximum atomic E-state index is 11.8. The van der Waals surface area contributed by atoms with Crippen LogP contribution < -0.4 is 10.1 Å². The largest absolute Gasteiger partial charge is 0.494 e. The zero-order valence-electron chi connectivity index (χ0n) is 15.7. The van der Waals surface area contributed by atoms with Crippen LogP contribution in [-0.4, -0.2) is 46.5 Å². The molecule has 0 bridgehead atoms. The number of ether oxygens (including phenoxy) is 1. The number of unbranched alkanes of at least 4 members (excludes halogenated alkanes) is 1. The number of nitrogens with zero attached hydrogens (tertiary/aromatic N) is 4. The molecule has 27 heavy (non-hydrogen) atoms. The highest BCUT2D eigenvalue weighted by molar-refractivity contribution is 7.15. The Labute approximate surface area is 162 Å². The van der Waals surface area contributed by atoms with E-state index in [4.69, 9.17) is 4.74 Å². The molecule has 1 aromatic carbocycles. The molecule has 0 saturated carbocycles. The average Bonchev–Trinajstić information content (AvgIpc) is 3.09. The average molecular weight is 385 g/mol. The summed E-state index contributed by atoms with van der Waals surface area (Å²) in [7, 11) is 3.49. The normalized spacial score (nSPS) is 10.8. The van der Waals surface area contributed by atoms with Crippen molar-refractivity contribution in [3.63, 3.8) is 0 Å². The van der Waals surface area contributed by atoms with Gasteiger partial charge in [-0.1, -0.05) is 13.3 Å². The standard InChI is InChI=1S/C19H23N5O2S/c1-4-5-8-26-13-6-7-15-16(9-13)21-12-22-18(15)23-19-20-11-14(27-19)10-17(25)24(2)3/h6-7,9,11-12H,4-5,8,10H2,1-3H3,(H,20,21,22,23). The number of hydrogen-bond donors (Lipinski definition) is 1. The highest BCUT2D eigenvalue weighted by atomic mass is 32.1. The van der Waals surface area contributed by atoms with Gasteiger partial charge in [0.05, 0.1) is 18.5 Å². The van der Waals surface area contributed by atoms with E-state index in [2.05, 4.69) is 27.2 Å². The van der Waals surface area contributed by atoms with Gasteiger partial charge in [-0.15, -0.1) is 11.3 Å². The molecule has 7 nitrogen and oxygen atoms in total. The number of carbonyl (C=O) groups is 1. The molecular weight excluding hydrogens is 362 g/mol. The molecular formula is C19H23N5O2S. The molecule has 8 heteroatoms. The van der Waals surface area contributed by atoms with Gasteiger partial charge in [-0.2, -0.15) is 0 Å². The van der Waals surface area contributed by atoms with Crippen LogP contribution >= 0.6 is 11.3 Å². The van der Waals surface area contributed by atoms with Crippen molar-refractivity contribution in [2.24, 2.45) is 0 Å². The Bertz CT molecular complexity index is 925. The van der Waals surface area contributed by atoms with Crippen LogP contribution in [0.3, 0.4) is 0 Å². The van der Waals surface area contributed by atoms with E-state index in [1.54, 1.807) is 25.2 Å². The number of anilines is 2. The Balaban J connectivity index is 1.75. The minimum absolute atomic E-state index is 0.0493. The molecule has 0 aliphatic rings. The van der Waals surface area contributed by atoms with Crippen LogP contribution in [0.25, 0.3) is 10.9 Å². The molecule has 3 rings (SSSR count). The van der Waals surface area contributed by atoms with Crippen LogP contribution in [0.2, 0.25) is 0 Å². The van der Waals surface area contributed by atoms with E-state index in [-0.39, 0.29) is 5.91 Å². The van der Waals surface area contributed by atoms with Gasteiger partial charge in [0, 0.05) is 36.6 Å². The van der Waals surface area contributed by atoms with Crippen LogP contribution in [0.4, 0.5) is 10.9 Å². The molecule has 142 valence electrons. The third-order valence-electron chi connectivity index (χ3n) is 3.98. The first-order valence-electron chi connectivity index (χ1n) is 8.86. The Kier molecular flexibility index (Phi) is 6.18. The van der Waals surface area contributed by atoms with E-state index >= 15 is 0 Å². The molecule has 1 amide bonds. The van der Waals surface area contributed by atoms with Crippen molar-refractivity contribution >= 4 is 39.1 Å². The van der Waals surface area contributed by atoms with Crippen molar-refractivity contribution in [2.75, 3.05) is 26.0 Å². The molecule has 0 fully saturated rings. The van der Waals surface area contributed by atoms with Gasteiger partial charge in [0.1, 0.15) is 17.9 Å². The topological polar surface area (TPSA) is 80.2 Å². The lowest BCUT2D eigenvalue weighted by atomic mass is 10.2. The van der Waals surface area contributed by atoms with Gasteiger partial charge >= 0.3 is 0 Å². The summed E-state index contributed by atoms with van der Waals surface area (Å²) in [6, 6.07) is 5.79. The number of benzene rings is 1. The zero-order valence-corrected chi connectivity index (χ0v) is 16.5. The summed E-state index contributed by atoms with van der Waals surface area (Å²) >= 11 is 1.44. The molecule has 0 spiro atoms. The molecule has 3 aromatic rings. The van der Waals surface area contributed by atoms with Gasteiger partial charge < -0.3 is 15.0 Å². The van der Waals surface area contributed by atoms with Crippen molar-refractivity contribution in [1.82, 2.24) is 19.9 Å². The lowest BCUT2D eigenvalue weighted by Crippen LogP contribution is -2.23. The number of hydrogen-bond acceptors (Lipinski definition) is 7. The Hall–Kier alpha value is -2.74. The summed E-state index contributed by atoms with van der Waals surface area (Å²) in [4.78, 5) is 27.3. The molecule has 0 unspecified atom stereocenters. The Morgan fingerprint density at radius 3 is 2.89 bits per heavy atom. The van der Waals surface area contributed by atoms with Crippen LogP contribution in [-0.2, 0) is 11.2 Å². The van der Waals surface area contributed by atoms with Crippen molar-refractivity contribution in [1.29, 1.82) is 0 Å². The minimum Gasteiger partial charge on any atom is -0.494 e. The number of carbonyl (C=O) groups excluding carboxylic acids is 1. The fraction of sp³-hybridized carbons (Fsp3) is 0.368. The number of amides is 1. The summed E-state index contributed by atoms with van der Waals surface area (Å²) in [5.74, 6) is 1.53. The molecule has 2 aromatic heterocycles. The maximum Gasteiger partial charge on any atom is 0.227 e. The predicted octanol–water partition coefficient (Wildman–Crippen LogP) is 3.64. The third-order valence-corrected chi connectivity index (χ3v) is 4.89. The molecule has 0 saturated heterocycles.